The minimum absolute atomic E-state index is 0.465. The molecule has 0 rings (SSSR count). The number of hydrogen-bond donors (Lipinski definition) is 1. The molecule has 0 fully saturated rings. The number of ether oxygens (including phenoxy) is 1. The molecular formula is C6H9F3O3. The lowest BCUT2D eigenvalue weighted by Gasteiger charge is -2.23. The van der Waals surface area contributed by atoms with Gasteiger partial charge in [0.15, 0.2) is 0 Å². The molecule has 0 saturated heterocycles. The second-order valence-electron chi connectivity index (χ2n) is 1.93. The van der Waals surface area contributed by atoms with Crippen molar-refractivity contribution in [3.05, 3.63) is 0 Å². The molecule has 0 amide bonds. The van der Waals surface area contributed by atoms with Gasteiger partial charge in [-0.2, -0.15) is 13.2 Å². The molecule has 0 aliphatic rings. The van der Waals surface area contributed by atoms with Gasteiger partial charge < -0.3 is 9.84 Å². The quantitative estimate of drug-likeness (QED) is 0.520. The SMILES string of the molecule is [2H][13C]([2H])([2H])C(O)([13C](=O)OCC)C(F)(F)F. The van der Waals surface area contributed by atoms with Gasteiger partial charge in [-0.3, -0.25) is 0 Å². The van der Waals surface area contributed by atoms with Crippen molar-refractivity contribution in [1.29, 1.82) is 0 Å². The summed E-state index contributed by atoms with van der Waals surface area (Å²) >= 11 is 0. The third-order valence-electron chi connectivity index (χ3n) is 0.981. The molecule has 0 saturated carbocycles. The lowest BCUT2D eigenvalue weighted by molar-refractivity contribution is -0.256. The third kappa shape index (κ3) is 2.10. The Kier molecular flexibility index (Phi) is 1.85. The lowest BCUT2D eigenvalue weighted by atomic mass is 10.3. The number of carbonyl (C=O) groups is 1. The van der Waals surface area contributed by atoms with Crippen LogP contribution in [0.1, 0.15) is 17.9 Å². The van der Waals surface area contributed by atoms with Gasteiger partial charge in [-0.25, -0.2) is 4.79 Å². The molecule has 72 valence electrons. The molecule has 0 bridgehead atoms. The van der Waals surface area contributed by atoms with Crippen molar-refractivity contribution < 1.29 is 31.9 Å². The van der Waals surface area contributed by atoms with Gasteiger partial charge in [-0.15, -0.1) is 0 Å². The Balaban J connectivity index is 5.33. The van der Waals surface area contributed by atoms with Crippen LogP contribution < -0.4 is 0 Å². The van der Waals surface area contributed by atoms with Crippen molar-refractivity contribution in [3.8, 4) is 0 Å². The monoisotopic (exact) mass is 191 g/mol. The van der Waals surface area contributed by atoms with E-state index in [2.05, 4.69) is 4.74 Å². The van der Waals surface area contributed by atoms with Crippen LogP contribution in [0.2, 0.25) is 0 Å². The maximum Gasteiger partial charge on any atom is 0.427 e. The molecule has 0 radical (unpaired) electrons. The van der Waals surface area contributed by atoms with Crippen molar-refractivity contribution in [2.75, 3.05) is 6.61 Å². The van der Waals surface area contributed by atoms with E-state index in [0.29, 0.717) is 0 Å². The van der Waals surface area contributed by atoms with E-state index in [1.165, 1.54) is 6.92 Å². The molecule has 0 aromatic rings. The molecule has 0 aromatic carbocycles. The van der Waals surface area contributed by atoms with Crippen molar-refractivity contribution in [3.63, 3.8) is 0 Å². The fourth-order valence-electron chi connectivity index (χ4n) is 0.351. The standard InChI is InChI=1S/C6H9F3O3/c1-3-12-4(10)5(2,11)6(7,8)9/h11H,3H2,1-2H3/i2+1D3,4+1. The zero-order valence-electron chi connectivity index (χ0n) is 9.10. The fraction of sp³-hybridized carbons (Fsp3) is 0.833. The highest BCUT2D eigenvalue weighted by Gasteiger charge is 2.57. The summed E-state index contributed by atoms with van der Waals surface area (Å²) in [4.78, 5) is 10.8. The maximum atomic E-state index is 12.3. The predicted molar refractivity (Wildman–Crippen MR) is 33.3 cm³/mol. The average Bonchev–Trinajstić information content (AvgIpc) is 1.99. The van der Waals surface area contributed by atoms with Crippen LogP contribution in [0.3, 0.4) is 0 Å². The molecule has 3 nitrogen and oxygen atoms in total. The largest absolute Gasteiger partial charge is 0.464 e. The molecule has 0 heterocycles. The van der Waals surface area contributed by atoms with E-state index < -0.39 is 31.2 Å². The van der Waals surface area contributed by atoms with Crippen molar-refractivity contribution in [2.24, 2.45) is 0 Å². The zero-order valence-corrected chi connectivity index (χ0v) is 6.10. The van der Waals surface area contributed by atoms with Gasteiger partial charge in [-0.1, -0.05) is 0 Å². The van der Waals surface area contributed by atoms with Crippen LogP contribution in [-0.4, -0.2) is 29.5 Å². The second-order valence-corrected chi connectivity index (χ2v) is 1.93. The third-order valence-corrected chi connectivity index (χ3v) is 0.981. The van der Waals surface area contributed by atoms with Crippen LogP contribution in [-0.2, 0) is 9.53 Å². The first-order chi connectivity index (χ1) is 6.48. The summed E-state index contributed by atoms with van der Waals surface area (Å²) in [6.45, 7) is -3.21. The van der Waals surface area contributed by atoms with Gasteiger partial charge in [0.1, 0.15) is 0 Å². The summed E-state index contributed by atoms with van der Waals surface area (Å²) in [5.41, 5.74) is -4.48. The van der Waals surface area contributed by atoms with Crippen LogP contribution in [0, 0.1) is 0 Å². The molecule has 0 aromatic heterocycles. The Morgan fingerprint density at radius 3 is 2.42 bits per heavy atom. The highest BCUT2D eigenvalue weighted by molar-refractivity contribution is 5.79. The van der Waals surface area contributed by atoms with Crippen LogP contribution >= 0.6 is 0 Å². The average molecular weight is 191 g/mol. The molecule has 0 spiro atoms. The Bertz CT molecular complexity index is 234. The highest BCUT2D eigenvalue weighted by atomic mass is 19.4. The number of rotatable bonds is 2. The summed E-state index contributed by atoms with van der Waals surface area (Å²) in [5, 5.41) is 8.92. The summed E-state index contributed by atoms with van der Waals surface area (Å²) < 4.78 is 60.2. The minimum Gasteiger partial charge on any atom is -0.464 e. The van der Waals surface area contributed by atoms with Crippen molar-refractivity contribution in [1.82, 2.24) is 0 Å². The first-order valence-corrected chi connectivity index (χ1v) is 2.94. The predicted octanol–water partition coefficient (Wildman–Crippen LogP) is 0.863. The van der Waals surface area contributed by atoms with E-state index in [1.807, 2.05) is 0 Å². The molecule has 1 N–H and O–H groups in total. The Morgan fingerprint density at radius 2 is 2.17 bits per heavy atom. The Labute approximate surface area is 71.3 Å². The van der Waals surface area contributed by atoms with E-state index in [0.717, 1.165) is 0 Å². The van der Waals surface area contributed by atoms with E-state index in [1.54, 1.807) is 0 Å². The summed E-state index contributed by atoms with van der Waals surface area (Å²) in [6, 6.07) is 0. The molecule has 1 atom stereocenters. The smallest absolute Gasteiger partial charge is 0.427 e. The van der Waals surface area contributed by atoms with Gasteiger partial charge >= 0.3 is 12.1 Å². The van der Waals surface area contributed by atoms with Gasteiger partial charge in [0.2, 0.25) is 0 Å². The van der Waals surface area contributed by atoms with Crippen molar-refractivity contribution in [2.45, 2.75) is 25.6 Å². The normalized spacial score (nSPS) is 21.6. The summed E-state index contributed by atoms with van der Waals surface area (Å²) in [5.74, 6) is -2.22. The van der Waals surface area contributed by atoms with E-state index >= 15 is 0 Å². The maximum absolute atomic E-state index is 12.3. The van der Waals surface area contributed by atoms with Gasteiger partial charge in [0.25, 0.3) is 5.60 Å². The summed E-state index contributed by atoms with van der Waals surface area (Å²) in [7, 11) is 0. The Morgan fingerprint density at radius 1 is 1.67 bits per heavy atom. The van der Waals surface area contributed by atoms with Crippen LogP contribution in [0.5, 0.6) is 0 Å². The molecule has 6 heteroatoms. The van der Waals surface area contributed by atoms with E-state index in [9.17, 15) is 18.0 Å². The number of carbonyl (C=O) groups excluding carboxylic acids is 1. The molecule has 1 unspecified atom stereocenters. The number of alkyl halides is 3. The second kappa shape index (κ2) is 3.30. The van der Waals surface area contributed by atoms with Crippen molar-refractivity contribution >= 4 is 5.97 Å². The molecular weight excluding hydrogens is 179 g/mol. The first-order valence-electron chi connectivity index (χ1n) is 4.44. The number of esters is 1. The van der Waals surface area contributed by atoms with Crippen LogP contribution in [0.15, 0.2) is 0 Å². The van der Waals surface area contributed by atoms with Crippen LogP contribution in [0.4, 0.5) is 13.2 Å². The number of aliphatic hydroxyl groups is 1. The fourth-order valence-corrected chi connectivity index (χ4v) is 0.351. The topological polar surface area (TPSA) is 46.5 Å². The molecule has 12 heavy (non-hydrogen) atoms. The van der Waals surface area contributed by atoms with Gasteiger partial charge in [0, 0.05) is 4.11 Å². The lowest BCUT2D eigenvalue weighted by Crippen LogP contribution is -2.50. The van der Waals surface area contributed by atoms with Gasteiger partial charge in [0.05, 0.1) is 6.61 Å². The summed E-state index contributed by atoms with van der Waals surface area (Å²) in [6.07, 6.45) is -5.62. The van der Waals surface area contributed by atoms with E-state index in [-0.39, 0.29) is 0 Å². The Hall–Kier alpha value is -0.780. The number of hydrogen-bond acceptors (Lipinski definition) is 3. The molecule has 0 aliphatic carbocycles. The minimum atomic E-state index is -5.62. The number of halogens is 3. The first kappa shape index (κ1) is 6.71. The molecule has 0 aliphatic heterocycles. The highest BCUT2D eigenvalue weighted by Crippen LogP contribution is 2.30. The zero-order chi connectivity index (χ0) is 12.5. The van der Waals surface area contributed by atoms with Crippen LogP contribution in [0.25, 0.3) is 0 Å². The van der Waals surface area contributed by atoms with E-state index in [4.69, 9.17) is 9.22 Å². The van der Waals surface area contributed by atoms with Gasteiger partial charge in [-0.05, 0) is 13.8 Å².